The van der Waals surface area contributed by atoms with Gasteiger partial charge in [0.2, 0.25) is 5.91 Å². The number of carbonyl (C=O) groups excluding carboxylic acids is 2. The molecule has 2 N–H and O–H groups in total. The van der Waals surface area contributed by atoms with Crippen LogP contribution in [0.25, 0.3) is 0 Å². The van der Waals surface area contributed by atoms with Crippen LogP contribution in [0.15, 0.2) is 18.2 Å². The average Bonchev–Trinajstić information content (AvgIpc) is 2.46. The molecule has 2 rings (SSSR count). The topological polar surface area (TPSA) is 107 Å². The average molecular weight is 295 g/mol. The first-order valence-electron chi connectivity index (χ1n) is 6.42. The van der Waals surface area contributed by atoms with Crippen molar-refractivity contribution in [3.05, 3.63) is 39.7 Å². The molecule has 112 valence electrons. The molecule has 0 radical (unpaired) electrons. The molecule has 7 nitrogen and oxygen atoms in total. The van der Waals surface area contributed by atoms with E-state index in [1.54, 1.807) is 0 Å². The third-order valence-electron chi connectivity index (χ3n) is 3.57. The van der Waals surface area contributed by atoms with E-state index in [9.17, 15) is 24.1 Å². The molecule has 2 amide bonds. The SMILES string of the molecule is NC(=O)C1CCN(C(=O)c2cc(F)ccc2[N+](=O)[O-])CC1. The van der Waals surface area contributed by atoms with Crippen LogP contribution in [0.2, 0.25) is 0 Å². The first-order valence-corrected chi connectivity index (χ1v) is 6.42. The first-order chi connectivity index (χ1) is 9.90. The Morgan fingerprint density at radius 2 is 1.95 bits per heavy atom. The maximum Gasteiger partial charge on any atom is 0.282 e. The van der Waals surface area contributed by atoms with E-state index in [2.05, 4.69) is 0 Å². The van der Waals surface area contributed by atoms with E-state index in [1.807, 2.05) is 0 Å². The standard InChI is InChI=1S/C13H14FN3O4/c14-9-1-2-11(17(20)21)10(7-9)13(19)16-5-3-8(4-6-16)12(15)18/h1-2,7-8H,3-6H2,(H2,15,18). The summed E-state index contributed by atoms with van der Waals surface area (Å²) in [6.07, 6.45) is 0.814. The Bertz CT molecular complexity index is 597. The molecule has 1 saturated heterocycles. The maximum absolute atomic E-state index is 13.3. The highest BCUT2D eigenvalue weighted by molar-refractivity contribution is 5.98. The lowest BCUT2D eigenvalue weighted by Crippen LogP contribution is -2.41. The smallest absolute Gasteiger partial charge is 0.282 e. The summed E-state index contributed by atoms with van der Waals surface area (Å²) >= 11 is 0. The molecular weight excluding hydrogens is 281 g/mol. The van der Waals surface area contributed by atoms with Crippen LogP contribution < -0.4 is 5.73 Å². The van der Waals surface area contributed by atoms with Crippen LogP contribution in [-0.2, 0) is 4.79 Å². The normalized spacial score (nSPS) is 15.8. The van der Waals surface area contributed by atoms with Crippen molar-refractivity contribution in [1.82, 2.24) is 4.90 Å². The van der Waals surface area contributed by atoms with E-state index in [0.29, 0.717) is 12.8 Å². The number of halogens is 1. The van der Waals surface area contributed by atoms with Crippen LogP contribution in [0.1, 0.15) is 23.2 Å². The van der Waals surface area contributed by atoms with E-state index >= 15 is 0 Å². The summed E-state index contributed by atoms with van der Waals surface area (Å²) in [4.78, 5) is 34.9. The van der Waals surface area contributed by atoms with Crippen LogP contribution in [0.5, 0.6) is 0 Å². The fourth-order valence-electron chi connectivity index (χ4n) is 2.38. The zero-order valence-corrected chi connectivity index (χ0v) is 11.1. The summed E-state index contributed by atoms with van der Waals surface area (Å²) in [6, 6.07) is 2.77. The van der Waals surface area contributed by atoms with Crippen molar-refractivity contribution in [2.75, 3.05) is 13.1 Å². The van der Waals surface area contributed by atoms with Gasteiger partial charge in [-0.05, 0) is 25.0 Å². The summed E-state index contributed by atoms with van der Waals surface area (Å²) in [6.45, 7) is 0.528. The number of nitrogens with two attached hydrogens (primary N) is 1. The zero-order valence-electron chi connectivity index (χ0n) is 11.1. The number of primary amides is 1. The highest BCUT2D eigenvalue weighted by Crippen LogP contribution is 2.24. The Hall–Kier alpha value is -2.51. The summed E-state index contributed by atoms with van der Waals surface area (Å²) in [5.41, 5.74) is 4.49. The number of amides is 2. The molecule has 1 aromatic carbocycles. The minimum absolute atomic E-state index is 0.264. The lowest BCUT2D eigenvalue weighted by molar-refractivity contribution is -0.385. The molecule has 0 atom stereocenters. The molecule has 21 heavy (non-hydrogen) atoms. The fraction of sp³-hybridized carbons (Fsp3) is 0.385. The largest absolute Gasteiger partial charge is 0.369 e. The van der Waals surface area contributed by atoms with Crippen molar-refractivity contribution in [2.45, 2.75) is 12.8 Å². The molecular formula is C13H14FN3O4. The van der Waals surface area contributed by atoms with E-state index in [4.69, 9.17) is 5.73 Å². The van der Waals surface area contributed by atoms with Crippen LogP contribution >= 0.6 is 0 Å². The molecule has 0 saturated carbocycles. The van der Waals surface area contributed by atoms with Gasteiger partial charge >= 0.3 is 0 Å². The maximum atomic E-state index is 13.3. The number of hydrogen-bond donors (Lipinski definition) is 1. The van der Waals surface area contributed by atoms with E-state index in [1.165, 1.54) is 4.90 Å². The minimum Gasteiger partial charge on any atom is -0.369 e. The van der Waals surface area contributed by atoms with Crippen molar-refractivity contribution >= 4 is 17.5 Å². The highest BCUT2D eigenvalue weighted by Gasteiger charge is 2.30. The van der Waals surface area contributed by atoms with Gasteiger partial charge in [0.15, 0.2) is 0 Å². The van der Waals surface area contributed by atoms with E-state index < -0.39 is 28.2 Å². The number of rotatable bonds is 3. The third-order valence-corrected chi connectivity index (χ3v) is 3.57. The Morgan fingerprint density at radius 1 is 1.33 bits per heavy atom. The van der Waals surface area contributed by atoms with Crippen LogP contribution in [0.3, 0.4) is 0 Å². The van der Waals surface area contributed by atoms with E-state index in [0.717, 1.165) is 18.2 Å². The predicted molar refractivity (Wildman–Crippen MR) is 70.9 cm³/mol. The van der Waals surface area contributed by atoms with E-state index in [-0.39, 0.29) is 24.6 Å². The van der Waals surface area contributed by atoms with Gasteiger partial charge in [0.1, 0.15) is 11.4 Å². The predicted octanol–water partition coefficient (Wildman–Crippen LogP) is 1.07. The fourth-order valence-corrected chi connectivity index (χ4v) is 2.38. The van der Waals surface area contributed by atoms with Gasteiger partial charge in [-0.1, -0.05) is 0 Å². The number of likely N-dealkylation sites (tertiary alicyclic amines) is 1. The van der Waals surface area contributed by atoms with Crippen molar-refractivity contribution in [2.24, 2.45) is 11.7 Å². The van der Waals surface area contributed by atoms with Crippen molar-refractivity contribution in [1.29, 1.82) is 0 Å². The van der Waals surface area contributed by atoms with Gasteiger partial charge in [-0.25, -0.2) is 4.39 Å². The molecule has 0 spiro atoms. The van der Waals surface area contributed by atoms with Gasteiger partial charge in [-0.3, -0.25) is 19.7 Å². The molecule has 0 unspecified atom stereocenters. The van der Waals surface area contributed by atoms with Gasteiger partial charge in [-0.15, -0.1) is 0 Å². The van der Waals surface area contributed by atoms with Crippen molar-refractivity contribution in [3.63, 3.8) is 0 Å². The monoisotopic (exact) mass is 295 g/mol. The summed E-state index contributed by atoms with van der Waals surface area (Å²) in [5.74, 6) is -2.03. The van der Waals surface area contributed by atoms with Crippen molar-refractivity contribution < 1.29 is 18.9 Å². The summed E-state index contributed by atoms with van der Waals surface area (Å²) in [5, 5.41) is 10.9. The van der Waals surface area contributed by atoms with Crippen LogP contribution in [0, 0.1) is 21.8 Å². The highest BCUT2D eigenvalue weighted by atomic mass is 19.1. The molecule has 8 heteroatoms. The quantitative estimate of drug-likeness (QED) is 0.664. The Balaban J connectivity index is 2.20. The molecule has 0 aromatic heterocycles. The number of hydrogen-bond acceptors (Lipinski definition) is 4. The van der Waals surface area contributed by atoms with Crippen LogP contribution in [0.4, 0.5) is 10.1 Å². The third kappa shape index (κ3) is 3.15. The molecule has 1 aromatic rings. The number of nitro benzene ring substituents is 1. The van der Waals surface area contributed by atoms with Gasteiger partial charge in [0, 0.05) is 25.1 Å². The number of nitrogens with zero attached hydrogens (tertiary/aromatic N) is 2. The number of nitro groups is 1. The molecule has 1 aliphatic heterocycles. The molecule has 0 aliphatic carbocycles. The second-order valence-electron chi connectivity index (χ2n) is 4.89. The lowest BCUT2D eigenvalue weighted by atomic mass is 9.95. The minimum atomic E-state index is -0.719. The van der Waals surface area contributed by atoms with Gasteiger partial charge in [-0.2, -0.15) is 0 Å². The Labute approximate surface area is 119 Å². The van der Waals surface area contributed by atoms with Gasteiger partial charge < -0.3 is 10.6 Å². The van der Waals surface area contributed by atoms with Crippen LogP contribution in [-0.4, -0.2) is 34.7 Å². The lowest BCUT2D eigenvalue weighted by Gasteiger charge is -2.30. The number of benzene rings is 1. The Kier molecular flexibility index (Phi) is 4.15. The summed E-state index contributed by atoms with van der Waals surface area (Å²) in [7, 11) is 0. The van der Waals surface area contributed by atoms with Gasteiger partial charge in [0.25, 0.3) is 11.6 Å². The second-order valence-corrected chi connectivity index (χ2v) is 4.89. The molecule has 1 heterocycles. The molecule has 1 aliphatic rings. The molecule has 0 bridgehead atoms. The van der Waals surface area contributed by atoms with Gasteiger partial charge in [0.05, 0.1) is 4.92 Å². The first kappa shape index (κ1) is 14.9. The molecule has 1 fully saturated rings. The second kappa shape index (κ2) is 5.86. The zero-order chi connectivity index (χ0) is 15.6. The number of piperidine rings is 1. The summed E-state index contributed by atoms with van der Waals surface area (Å²) < 4.78 is 13.3. The van der Waals surface area contributed by atoms with Crippen molar-refractivity contribution in [3.8, 4) is 0 Å². The number of carbonyl (C=O) groups is 2. The Morgan fingerprint density at radius 3 is 2.48 bits per heavy atom.